The summed E-state index contributed by atoms with van der Waals surface area (Å²) in [6.45, 7) is 4.16. The second-order valence-electron chi connectivity index (χ2n) is 4.93. The minimum Gasteiger partial charge on any atom is -0.454 e. The fourth-order valence-electron chi connectivity index (χ4n) is 2.17. The van der Waals surface area contributed by atoms with E-state index < -0.39 is 18.0 Å². The van der Waals surface area contributed by atoms with E-state index in [9.17, 15) is 5.11 Å². The highest BCUT2D eigenvalue weighted by molar-refractivity contribution is 5.45. The third kappa shape index (κ3) is 2.05. The molecule has 1 N–H and O–H groups in total. The summed E-state index contributed by atoms with van der Waals surface area (Å²) < 4.78 is 21.7. The number of aliphatic hydroxyl groups is 1. The normalized spacial score (nSPS) is 29.3. The van der Waals surface area contributed by atoms with Crippen molar-refractivity contribution < 1.29 is 24.1 Å². The molecular formula is C13H16O5. The maximum absolute atomic E-state index is 9.98. The van der Waals surface area contributed by atoms with Crippen molar-refractivity contribution in [2.45, 2.75) is 31.8 Å². The van der Waals surface area contributed by atoms with E-state index in [4.69, 9.17) is 18.9 Å². The molecule has 3 rings (SSSR count). The van der Waals surface area contributed by atoms with Crippen molar-refractivity contribution in [1.82, 2.24) is 0 Å². The molecule has 0 spiro atoms. The Balaban J connectivity index is 1.89. The van der Waals surface area contributed by atoms with Crippen molar-refractivity contribution in [2.24, 2.45) is 0 Å². The van der Waals surface area contributed by atoms with Crippen LogP contribution in [0.1, 0.15) is 25.5 Å². The maximum Gasteiger partial charge on any atom is 0.231 e. The van der Waals surface area contributed by atoms with E-state index in [0.717, 1.165) is 11.3 Å². The monoisotopic (exact) mass is 252 g/mol. The molecule has 0 amide bonds. The molecule has 2 aliphatic rings. The molecule has 0 aromatic heterocycles. The van der Waals surface area contributed by atoms with Crippen LogP contribution in [0.5, 0.6) is 11.5 Å². The molecule has 1 fully saturated rings. The summed E-state index contributed by atoms with van der Waals surface area (Å²) in [5, 5.41) is 9.98. The van der Waals surface area contributed by atoms with E-state index in [2.05, 4.69) is 0 Å². The molecule has 98 valence electrons. The molecule has 0 bridgehead atoms. The highest BCUT2D eigenvalue weighted by Gasteiger charge is 2.37. The van der Waals surface area contributed by atoms with Gasteiger partial charge in [0.15, 0.2) is 17.3 Å². The Labute approximate surface area is 105 Å². The zero-order valence-corrected chi connectivity index (χ0v) is 10.4. The summed E-state index contributed by atoms with van der Waals surface area (Å²) in [4.78, 5) is 0. The summed E-state index contributed by atoms with van der Waals surface area (Å²) in [6, 6.07) is 5.55. The number of rotatable bonds is 1. The van der Waals surface area contributed by atoms with Gasteiger partial charge in [-0.2, -0.15) is 0 Å². The van der Waals surface area contributed by atoms with Crippen LogP contribution in [0.2, 0.25) is 0 Å². The van der Waals surface area contributed by atoms with Gasteiger partial charge in [0.25, 0.3) is 0 Å². The topological polar surface area (TPSA) is 57.2 Å². The summed E-state index contributed by atoms with van der Waals surface area (Å²) >= 11 is 0. The summed E-state index contributed by atoms with van der Waals surface area (Å²) in [5.74, 6) is 0.715. The van der Waals surface area contributed by atoms with Crippen LogP contribution in [0.3, 0.4) is 0 Å². The van der Waals surface area contributed by atoms with Gasteiger partial charge < -0.3 is 24.1 Å². The molecule has 5 heteroatoms. The molecular weight excluding hydrogens is 236 g/mol. The van der Waals surface area contributed by atoms with Gasteiger partial charge in [-0.25, -0.2) is 0 Å². The molecule has 0 aliphatic carbocycles. The van der Waals surface area contributed by atoms with Crippen molar-refractivity contribution in [1.29, 1.82) is 0 Å². The molecule has 2 atom stereocenters. The second-order valence-corrected chi connectivity index (χ2v) is 4.93. The zero-order valence-electron chi connectivity index (χ0n) is 10.4. The van der Waals surface area contributed by atoms with Crippen molar-refractivity contribution in [3.8, 4) is 11.5 Å². The Hall–Kier alpha value is -1.30. The van der Waals surface area contributed by atoms with E-state index in [1.165, 1.54) is 0 Å². The van der Waals surface area contributed by atoms with Gasteiger partial charge >= 0.3 is 0 Å². The lowest BCUT2D eigenvalue weighted by Crippen LogP contribution is -2.44. The molecule has 0 unspecified atom stereocenters. The SMILES string of the molecule is CC1(C)OC[C@H](O)[C@H](c2ccc3c(c2)OCO3)O1. The first-order chi connectivity index (χ1) is 8.55. The molecule has 0 saturated carbocycles. The van der Waals surface area contributed by atoms with Crippen molar-refractivity contribution in [2.75, 3.05) is 13.4 Å². The van der Waals surface area contributed by atoms with Crippen LogP contribution in [0.4, 0.5) is 0 Å². The first-order valence-electron chi connectivity index (χ1n) is 5.94. The summed E-state index contributed by atoms with van der Waals surface area (Å²) in [7, 11) is 0. The number of ether oxygens (including phenoxy) is 4. The van der Waals surface area contributed by atoms with Gasteiger partial charge in [0.05, 0.1) is 6.61 Å². The predicted octanol–water partition coefficient (Wildman–Crippen LogP) is 1.60. The first-order valence-corrected chi connectivity index (χ1v) is 5.94. The highest BCUT2D eigenvalue weighted by atomic mass is 16.7. The third-order valence-corrected chi connectivity index (χ3v) is 3.09. The van der Waals surface area contributed by atoms with Gasteiger partial charge in [0.2, 0.25) is 6.79 Å². The average Bonchev–Trinajstić information content (AvgIpc) is 2.79. The number of fused-ring (bicyclic) bond motifs is 1. The van der Waals surface area contributed by atoms with Crippen molar-refractivity contribution in [3.05, 3.63) is 23.8 Å². The highest BCUT2D eigenvalue weighted by Crippen LogP contribution is 2.38. The molecule has 18 heavy (non-hydrogen) atoms. The van der Waals surface area contributed by atoms with Gasteiger partial charge in [-0.1, -0.05) is 6.07 Å². The molecule has 2 aliphatic heterocycles. The van der Waals surface area contributed by atoms with Crippen LogP contribution in [0, 0.1) is 0 Å². The number of hydrogen-bond donors (Lipinski definition) is 1. The van der Waals surface area contributed by atoms with Crippen molar-refractivity contribution in [3.63, 3.8) is 0 Å². The van der Waals surface area contributed by atoms with E-state index >= 15 is 0 Å². The van der Waals surface area contributed by atoms with Crippen LogP contribution in [0.25, 0.3) is 0 Å². The van der Waals surface area contributed by atoms with Gasteiger partial charge in [-0.05, 0) is 31.5 Å². The Morgan fingerprint density at radius 1 is 1.22 bits per heavy atom. The molecule has 2 heterocycles. The minimum absolute atomic E-state index is 0.238. The van der Waals surface area contributed by atoms with E-state index in [1.807, 2.05) is 32.0 Å². The Morgan fingerprint density at radius 2 is 2.00 bits per heavy atom. The zero-order chi connectivity index (χ0) is 12.8. The molecule has 1 saturated heterocycles. The Morgan fingerprint density at radius 3 is 2.83 bits per heavy atom. The van der Waals surface area contributed by atoms with Crippen LogP contribution < -0.4 is 9.47 Å². The van der Waals surface area contributed by atoms with Crippen LogP contribution in [0.15, 0.2) is 18.2 Å². The van der Waals surface area contributed by atoms with Gasteiger partial charge in [-0.15, -0.1) is 0 Å². The van der Waals surface area contributed by atoms with E-state index in [1.54, 1.807) is 0 Å². The fourth-order valence-corrected chi connectivity index (χ4v) is 2.17. The standard InChI is InChI=1S/C13H16O5/c1-13(2)17-6-9(14)12(18-13)8-3-4-10-11(5-8)16-7-15-10/h3-5,9,12,14H,6-7H2,1-2H3/t9-,12-/m0/s1. The largest absolute Gasteiger partial charge is 0.454 e. The lowest BCUT2D eigenvalue weighted by molar-refractivity contribution is -0.306. The number of hydrogen-bond acceptors (Lipinski definition) is 5. The molecule has 1 aromatic carbocycles. The minimum atomic E-state index is -0.694. The Bertz CT molecular complexity index is 457. The molecule has 5 nitrogen and oxygen atoms in total. The third-order valence-electron chi connectivity index (χ3n) is 3.09. The predicted molar refractivity (Wildman–Crippen MR) is 62.4 cm³/mol. The van der Waals surface area contributed by atoms with E-state index in [-0.39, 0.29) is 13.4 Å². The van der Waals surface area contributed by atoms with Crippen molar-refractivity contribution >= 4 is 0 Å². The lowest BCUT2D eigenvalue weighted by atomic mass is 10.0. The molecule has 0 radical (unpaired) electrons. The van der Waals surface area contributed by atoms with Crippen LogP contribution in [-0.2, 0) is 9.47 Å². The average molecular weight is 252 g/mol. The lowest BCUT2D eigenvalue weighted by Gasteiger charge is -2.39. The fraction of sp³-hybridized carbons (Fsp3) is 0.538. The van der Waals surface area contributed by atoms with Gasteiger partial charge in [-0.3, -0.25) is 0 Å². The first kappa shape index (κ1) is 11.8. The quantitative estimate of drug-likeness (QED) is 0.822. The van der Waals surface area contributed by atoms with Crippen LogP contribution in [-0.4, -0.2) is 30.4 Å². The van der Waals surface area contributed by atoms with Crippen LogP contribution >= 0.6 is 0 Å². The van der Waals surface area contributed by atoms with Gasteiger partial charge in [0, 0.05) is 0 Å². The number of aliphatic hydroxyl groups excluding tert-OH is 1. The smallest absolute Gasteiger partial charge is 0.231 e. The summed E-state index contributed by atoms with van der Waals surface area (Å²) in [5.41, 5.74) is 0.864. The number of benzene rings is 1. The van der Waals surface area contributed by atoms with Gasteiger partial charge in [0.1, 0.15) is 12.2 Å². The molecule has 1 aromatic rings. The maximum atomic E-state index is 9.98. The Kier molecular flexibility index (Phi) is 2.69. The summed E-state index contributed by atoms with van der Waals surface area (Å²) in [6.07, 6.45) is -1.10. The second kappa shape index (κ2) is 4.12. The van der Waals surface area contributed by atoms with E-state index in [0.29, 0.717) is 5.75 Å².